The van der Waals surface area contributed by atoms with Crippen molar-refractivity contribution in [3.63, 3.8) is 0 Å². The van der Waals surface area contributed by atoms with E-state index in [-0.39, 0.29) is 29.9 Å². The number of ether oxygens (including phenoxy) is 1. The van der Waals surface area contributed by atoms with Gasteiger partial charge in [-0.15, -0.1) is 0 Å². The highest BCUT2D eigenvalue weighted by Crippen LogP contribution is 2.28. The van der Waals surface area contributed by atoms with Crippen LogP contribution >= 0.6 is 0 Å². The number of piperidine rings is 1. The van der Waals surface area contributed by atoms with Crippen LogP contribution in [0.1, 0.15) is 32.6 Å². The van der Waals surface area contributed by atoms with Gasteiger partial charge < -0.3 is 4.74 Å². The normalized spacial score (nSPS) is 24.7. The predicted octanol–water partition coefficient (Wildman–Crippen LogP) is 3.37. The number of allylic oxidation sites excluding steroid dienone is 2. The number of carbonyl (C=O) groups is 1. The standard InChI is InChI=1S/C20H26FNO4S/c1-15-6-2-3-7-17(15)14-26-20(23)16-10-12-22(13-11-16)27(24,25)19-9-5-4-8-18(19)21/h2-5,8-9,15-17H,6-7,10-14H2,1H3. The number of benzene rings is 1. The molecular formula is C20H26FNO4S. The minimum absolute atomic E-state index is 0.193. The molecule has 5 nitrogen and oxygen atoms in total. The third-order valence-corrected chi connectivity index (χ3v) is 7.53. The summed E-state index contributed by atoms with van der Waals surface area (Å²) < 4.78 is 45.9. The topological polar surface area (TPSA) is 63.7 Å². The molecule has 2 unspecified atom stereocenters. The average Bonchev–Trinajstić information content (AvgIpc) is 2.67. The van der Waals surface area contributed by atoms with Gasteiger partial charge in [0.1, 0.15) is 10.7 Å². The molecule has 1 saturated heterocycles. The number of esters is 1. The van der Waals surface area contributed by atoms with Crippen molar-refractivity contribution in [3.05, 3.63) is 42.2 Å². The number of rotatable bonds is 5. The molecule has 1 aliphatic heterocycles. The highest BCUT2D eigenvalue weighted by Gasteiger charge is 2.34. The molecule has 0 aromatic heterocycles. The molecule has 7 heteroatoms. The summed E-state index contributed by atoms with van der Waals surface area (Å²) in [6.45, 7) is 2.96. The maximum Gasteiger partial charge on any atom is 0.309 e. The van der Waals surface area contributed by atoms with E-state index in [0.29, 0.717) is 31.3 Å². The van der Waals surface area contributed by atoms with Gasteiger partial charge >= 0.3 is 5.97 Å². The van der Waals surface area contributed by atoms with Crippen LogP contribution in [0.15, 0.2) is 41.3 Å². The lowest BCUT2D eigenvalue weighted by molar-refractivity contribution is -0.151. The van der Waals surface area contributed by atoms with E-state index in [2.05, 4.69) is 19.1 Å². The fourth-order valence-electron chi connectivity index (χ4n) is 3.67. The third-order valence-electron chi connectivity index (χ3n) is 5.60. The molecular weight excluding hydrogens is 369 g/mol. The van der Waals surface area contributed by atoms with Gasteiger partial charge in [0.05, 0.1) is 12.5 Å². The van der Waals surface area contributed by atoms with E-state index in [1.54, 1.807) is 0 Å². The van der Waals surface area contributed by atoms with Crippen LogP contribution < -0.4 is 0 Å². The van der Waals surface area contributed by atoms with Crippen LogP contribution in [0.2, 0.25) is 0 Å². The molecule has 0 spiro atoms. The highest BCUT2D eigenvalue weighted by atomic mass is 32.2. The third kappa shape index (κ3) is 4.58. The van der Waals surface area contributed by atoms with E-state index in [9.17, 15) is 17.6 Å². The Morgan fingerprint density at radius 2 is 1.85 bits per heavy atom. The fourth-order valence-corrected chi connectivity index (χ4v) is 5.21. The second-order valence-corrected chi connectivity index (χ2v) is 9.33. The SMILES string of the molecule is CC1CC=CCC1COC(=O)C1CCN(S(=O)(=O)c2ccccc2F)CC1. The van der Waals surface area contributed by atoms with E-state index in [1.807, 2.05) is 0 Å². The lowest BCUT2D eigenvalue weighted by Crippen LogP contribution is -2.41. The van der Waals surface area contributed by atoms with Gasteiger partial charge in [-0.25, -0.2) is 12.8 Å². The smallest absolute Gasteiger partial charge is 0.309 e. The van der Waals surface area contributed by atoms with Gasteiger partial charge in [0, 0.05) is 13.1 Å². The Hall–Kier alpha value is -1.73. The molecule has 27 heavy (non-hydrogen) atoms. The summed E-state index contributed by atoms with van der Waals surface area (Å²) in [6.07, 6.45) is 7.01. The van der Waals surface area contributed by atoms with Crippen molar-refractivity contribution in [2.24, 2.45) is 17.8 Å². The van der Waals surface area contributed by atoms with E-state index in [1.165, 1.54) is 22.5 Å². The first-order valence-corrected chi connectivity index (χ1v) is 10.9. The van der Waals surface area contributed by atoms with Crippen molar-refractivity contribution in [1.82, 2.24) is 4.31 Å². The van der Waals surface area contributed by atoms with Crippen LogP contribution in [-0.4, -0.2) is 38.4 Å². The minimum atomic E-state index is -3.88. The monoisotopic (exact) mass is 395 g/mol. The van der Waals surface area contributed by atoms with Gasteiger partial charge in [0.25, 0.3) is 0 Å². The molecule has 1 aromatic rings. The van der Waals surface area contributed by atoms with E-state index < -0.39 is 15.8 Å². The lowest BCUT2D eigenvalue weighted by atomic mass is 9.85. The first-order valence-electron chi connectivity index (χ1n) is 9.46. The summed E-state index contributed by atoms with van der Waals surface area (Å²) in [6, 6.07) is 5.37. The van der Waals surface area contributed by atoms with E-state index >= 15 is 0 Å². The lowest BCUT2D eigenvalue weighted by Gasteiger charge is -2.31. The molecule has 2 aliphatic rings. The Morgan fingerprint density at radius 3 is 2.52 bits per heavy atom. The van der Waals surface area contributed by atoms with Crippen molar-refractivity contribution in [2.45, 2.75) is 37.5 Å². The zero-order valence-corrected chi connectivity index (χ0v) is 16.3. The molecule has 148 valence electrons. The highest BCUT2D eigenvalue weighted by molar-refractivity contribution is 7.89. The number of hydrogen-bond donors (Lipinski definition) is 0. The van der Waals surface area contributed by atoms with Gasteiger partial charge in [-0.1, -0.05) is 31.2 Å². The predicted molar refractivity (Wildman–Crippen MR) is 99.9 cm³/mol. The molecule has 0 saturated carbocycles. The second kappa shape index (κ2) is 8.52. The fraction of sp³-hybridized carbons (Fsp3) is 0.550. The summed E-state index contributed by atoms with van der Waals surface area (Å²) in [5.74, 6) is -0.461. The van der Waals surface area contributed by atoms with Gasteiger partial charge in [0.15, 0.2) is 0 Å². The zero-order valence-electron chi connectivity index (χ0n) is 15.5. The van der Waals surface area contributed by atoms with Crippen molar-refractivity contribution in [3.8, 4) is 0 Å². The molecule has 2 atom stereocenters. The van der Waals surface area contributed by atoms with Crippen LogP contribution in [0.3, 0.4) is 0 Å². The molecule has 1 aromatic carbocycles. The molecule has 0 bridgehead atoms. The zero-order chi connectivity index (χ0) is 19.4. The number of nitrogens with zero attached hydrogens (tertiary/aromatic N) is 1. The number of sulfonamides is 1. The van der Waals surface area contributed by atoms with Crippen LogP contribution in [-0.2, 0) is 19.6 Å². The first-order chi connectivity index (χ1) is 12.9. The quantitative estimate of drug-likeness (QED) is 0.566. The summed E-state index contributed by atoms with van der Waals surface area (Å²) in [4.78, 5) is 12.0. The van der Waals surface area contributed by atoms with E-state index in [0.717, 1.165) is 18.9 Å². The number of hydrogen-bond acceptors (Lipinski definition) is 4. The Bertz CT molecular complexity index is 800. The summed E-state index contributed by atoms with van der Waals surface area (Å²) in [5, 5.41) is 0. The summed E-state index contributed by atoms with van der Waals surface area (Å²) in [5.41, 5.74) is 0. The van der Waals surface area contributed by atoms with Crippen molar-refractivity contribution < 1.29 is 22.3 Å². The maximum absolute atomic E-state index is 13.9. The van der Waals surface area contributed by atoms with Crippen LogP contribution in [0.5, 0.6) is 0 Å². The Kier molecular flexibility index (Phi) is 6.32. The van der Waals surface area contributed by atoms with Gasteiger partial charge in [0.2, 0.25) is 10.0 Å². The molecule has 0 radical (unpaired) electrons. The first kappa shape index (κ1) is 20.0. The summed E-state index contributed by atoms with van der Waals surface area (Å²) >= 11 is 0. The molecule has 1 fully saturated rings. The maximum atomic E-state index is 13.9. The van der Waals surface area contributed by atoms with Crippen molar-refractivity contribution >= 4 is 16.0 Å². The Labute approximate surface area is 160 Å². The average molecular weight is 395 g/mol. The van der Waals surface area contributed by atoms with Gasteiger partial charge in [-0.3, -0.25) is 4.79 Å². The van der Waals surface area contributed by atoms with Gasteiger partial charge in [-0.05, 0) is 49.7 Å². The van der Waals surface area contributed by atoms with Crippen molar-refractivity contribution in [1.29, 1.82) is 0 Å². The van der Waals surface area contributed by atoms with Crippen LogP contribution in [0, 0.1) is 23.6 Å². The van der Waals surface area contributed by atoms with E-state index in [4.69, 9.17) is 4.74 Å². The number of carbonyl (C=O) groups excluding carboxylic acids is 1. The molecule has 3 rings (SSSR count). The summed E-state index contributed by atoms with van der Waals surface area (Å²) in [7, 11) is -3.88. The Morgan fingerprint density at radius 1 is 1.19 bits per heavy atom. The molecule has 0 amide bonds. The largest absolute Gasteiger partial charge is 0.465 e. The van der Waals surface area contributed by atoms with Crippen LogP contribution in [0.4, 0.5) is 4.39 Å². The molecule has 0 N–H and O–H groups in total. The Balaban J connectivity index is 1.53. The minimum Gasteiger partial charge on any atom is -0.465 e. The van der Waals surface area contributed by atoms with Crippen molar-refractivity contribution in [2.75, 3.05) is 19.7 Å². The molecule has 1 heterocycles. The number of halogens is 1. The van der Waals surface area contributed by atoms with Crippen LogP contribution in [0.25, 0.3) is 0 Å². The van der Waals surface area contributed by atoms with Gasteiger partial charge in [-0.2, -0.15) is 4.31 Å². The molecule has 1 aliphatic carbocycles. The second-order valence-electron chi connectivity index (χ2n) is 7.42.